The SMILES string of the molecule is CC1CCC(OCC(O)CNCC2CCCN2C)CC1. The molecule has 0 aromatic heterocycles. The van der Waals surface area contributed by atoms with Gasteiger partial charge in [0.1, 0.15) is 0 Å². The predicted molar refractivity (Wildman–Crippen MR) is 81.9 cm³/mol. The van der Waals surface area contributed by atoms with Crippen LogP contribution in [0.3, 0.4) is 0 Å². The first-order valence-electron chi connectivity index (χ1n) is 8.35. The van der Waals surface area contributed by atoms with Gasteiger partial charge in [-0.05, 0) is 58.0 Å². The second kappa shape index (κ2) is 8.32. The fourth-order valence-electron chi connectivity index (χ4n) is 3.36. The van der Waals surface area contributed by atoms with Gasteiger partial charge in [0.15, 0.2) is 0 Å². The maximum Gasteiger partial charge on any atom is 0.0897 e. The summed E-state index contributed by atoms with van der Waals surface area (Å²) in [5.74, 6) is 0.852. The molecule has 20 heavy (non-hydrogen) atoms. The third kappa shape index (κ3) is 5.32. The minimum absolute atomic E-state index is 0.374. The Morgan fingerprint density at radius 2 is 2.00 bits per heavy atom. The van der Waals surface area contributed by atoms with E-state index >= 15 is 0 Å². The highest BCUT2D eigenvalue weighted by Crippen LogP contribution is 2.25. The lowest BCUT2D eigenvalue weighted by atomic mass is 9.89. The largest absolute Gasteiger partial charge is 0.389 e. The Balaban J connectivity index is 1.51. The quantitative estimate of drug-likeness (QED) is 0.746. The average Bonchev–Trinajstić information content (AvgIpc) is 2.84. The van der Waals surface area contributed by atoms with E-state index in [0.29, 0.717) is 25.3 Å². The second-order valence-corrected chi connectivity index (χ2v) is 6.80. The normalized spacial score (nSPS) is 33.5. The van der Waals surface area contributed by atoms with Crippen LogP contribution in [0.4, 0.5) is 0 Å². The molecule has 0 amide bonds. The van der Waals surface area contributed by atoms with Crippen LogP contribution in [0.25, 0.3) is 0 Å². The molecule has 0 bridgehead atoms. The molecule has 4 heteroatoms. The molecule has 1 saturated heterocycles. The molecule has 4 nitrogen and oxygen atoms in total. The lowest BCUT2D eigenvalue weighted by Crippen LogP contribution is -2.40. The first-order chi connectivity index (χ1) is 9.65. The smallest absolute Gasteiger partial charge is 0.0897 e. The summed E-state index contributed by atoms with van der Waals surface area (Å²) in [5, 5.41) is 13.4. The number of nitrogens with zero attached hydrogens (tertiary/aromatic N) is 1. The molecule has 1 aliphatic heterocycles. The van der Waals surface area contributed by atoms with Crippen LogP contribution in [0.2, 0.25) is 0 Å². The molecule has 2 N–H and O–H groups in total. The number of aliphatic hydroxyl groups excluding tert-OH is 1. The van der Waals surface area contributed by atoms with Crippen molar-refractivity contribution in [3.05, 3.63) is 0 Å². The number of rotatable bonds is 7. The molecule has 118 valence electrons. The van der Waals surface area contributed by atoms with E-state index in [1.165, 1.54) is 32.2 Å². The third-order valence-electron chi connectivity index (χ3n) is 4.92. The Labute approximate surface area is 123 Å². The molecule has 1 aliphatic carbocycles. The zero-order chi connectivity index (χ0) is 14.4. The van der Waals surface area contributed by atoms with E-state index in [9.17, 15) is 5.11 Å². The molecule has 0 radical (unpaired) electrons. The molecule has 1 heterocycles. The number of nitrogens with one attached hydrogen (secondary N) is 1. The topological polar surface area (TPSA) is 44.7 Å². The third-order valence-corrected chi connectivity index (χ3v) is 4.92. The molecule has 2 rings (SSSR count). The summed E-state index contributed by atoms with van der Waals surface area (Å²) in [4.78, 5) is 2.40. The van der Waals surface area contributed by atoms with Crippen molar-refractivity contribution in [2.45, 2.75) is 63.7 Å². The molecule has 2 atom stereocenters. The van der Waals surface area contributed by atoms with Gasteiger partial charge in [0.2, 0.25) is 0 Å². The van der Waals surface area contributed by atoms with Crippen molar-refractivity contribution in [1.82, 2.24) is 10.2 Å². The van der Waals surface area contributed by atoms with Crippen LogP contribution in [0.1, 0.15) is 45.4 Å². The number of aliphatic hydroxyl groups is 1. The van der Waals surface area contributed by atoms with Gasteiger partial charge in [-0.15, -0.1) is 0 Å². The minimum Gasteiger partial charge on any atom is -0.389 e. The Morgan fingerprint density at radius 3 is 2.65 bits per heavy atom. The van der Waals surface area contributed by atoms with Gasteiger partial charge < -0.3 is 20.1 Å². The van der Waals surface area contributed by atoms with Gasteiger partial charge in [0.05, 0.1) is 18.8 Å². The number of hydrogen-bond acceptors (Lipinski definition) is 4. The van der Waals surface area contributed by atoms with Crippen LogP contribution in [-0.2, 0) is 4.74 Å². The van der Waals surface area contributed by atoms with Crippen LogP contribution < -0.4 is 5.32 Å². The lowest BCUT2D eigenvalue weighted by molar-refractivity contribution is -0.0279. The van der Waals surface area contributed by atoms with Gasteiger partial charge in [-0.2, -0.15) is 0 Å². The van der Waals surface area contributed by atoms with Gasteiger partial charge in [-0.3, -0.25) is 0 Å². The summed E-state index contributed by atoms with van der Waals surface area (Å²) in [7, 11) is 2.18. The van der Waals surface area contributed by atoms with Crippen molar-refractivity contribution in [3.8, 4) is 0 Å². The van der Waals surface area contributed by atoms with Crippen molar-refractivity contribution in [2.75, 3.05) is 33.3 Å². The summed E-state index contributed by atoms with van der Waals surface area (Å²) < 4.78 is 5.84. The number of hydrogen-bond donors (Lipinski definition) is 2. The molecular formula is C16H32N2O2. The Hall–Kier alpha value is -0.160. The average molecular weight is 284 g/mol. The fourth-order valence-corrected chi connectivity index (χ4v) is 3.36. The van der Waals surface area contributed by atoms with E-state index in [-0.39, 0.29) is 6.10 Å². The second-order valence-electron chi connectivity index (χ2n) is 6.80. The zero-order valence-corrected chi connectivity index (χ0v) is 13.2. The van der Waals surface area contributed by atoms with Crippen molar-refractivity contribution in [1.29, 1.82) is 0 Å². The summed E-state index contributed by atoms with van der Waals surface area (Å²) in [6.45, 7) is 5.63. The minimum atomic E-state index is -0.374. The zero-order valence-electron chi connectivity index (χ0n) is 13.2. The lowest BCUT2D eigenvalue weighted by Gasteiger charge is -2.27. The standard InChI is InChI=1S/C16H32N2O2/c1-13-5-7-16(8-6-13)20-12-15(19)11-17-10-14-4-3-9-18(14)2/h13-17,19H,3-12H2,1-2H3. The highest BCUT2D eigenvalue weighted by Gasteiger charge is 2.21. The molecular weight excluding hydrogens is 252 g/mol. The monoisotopic (exact) mass is 284 g/mol. The summed E-state index contributed by atoms with van der Waals surface area (Å²) in [6.07, 6.45) is 7.44. The molecule has 0 aromatic carbocycles. The van der Waals surface area contributed by atoms with E-state index < -0.39 is 0 Å². The summed E-state index contributed by atoms with van der Waals surface area (Å²) >= 11 is 0. The van der Waals surface area contributed by atoms with Gasteiger partial charge in [-0.1, -0.05) is 6.92 Å². The molecule has 1 saturated carbocycles. The fraction of sp³-hybridized carbons (Fsp3) is 1.00. The van der Waals surface area contributed by atoms with E-state index in [4.69, 9.17) is 4.74 Å². The van der Waals surface area contributed by atoms with Crippen LogP contribution in [-0.4, -0.2) is 61.5 Å². The van der Waals surface area contributed by atoms with Gasteiger partial charge >= 0.3 is 0 Å². The molecule has 0 aromatic rings. The van der Waals surface area contributed by atoms with Crippen LogP contribution in [0, 0.1) is 5.92 Å². The predicted octanol–water partition coefficient (Wildman–Crippen LogP) is 1.63. The van der Waals surface area contributed by atoms with Gasteiger partial charge in [0.25, 0.3) is 0 Å². The van der Waals surface area contributed by atoms with Crippen molar-refractivity contribution >= 4 is 0 Å². The molecule has 0 spiro atoms. The van der Waals surface area contributed by atoms with E-state index in [1.54, 1.807) is 0 Å². The maximum absolute atomic E-state index is 9.97. The highest BCUT2D eigenvalue weighted by molar-refractivity contribution is 4.78. The molecule has 2 fully saturated rings. The highest BCUT2D eigenvalue weighted by atomic mass is 16.5. The summed E-state index contributed by atoms with van der Waals surface area (Å²) in [6, 6.07) is 0.642. The Bertz CT molecular complexity index is 267. The van der Waals surface area contributed by atoms with Gasteiger partial charge in [-0.25, -0.2) is 0 Å². The van der Waals surface area contributed by atoms with Crippen LogP contribution in [0.5, 0.6) is 0 Å². The first kappa shape index (κ1) is 16.2. The van der Waals surface area contributed by atoms with E-state index in [1.807, 2.05) is 0 Å². The number of ether oxygens (including phenoxy) is 1. The maximum atomic E-state index is 9.97. The van der Waals surface area contributed by atoms with Crippen molar-refractivity contribution < 1.29 is 9.84 Å². The van der Waals surface area contributed by atoms with Crippen molar-refractivity contribution in [2.24, 2.45) is 5.92 Å². The molecule has 2 unspecified atom stereocenters. The number of likely N-dealkylation sites (N-methyl/N-ethyl adjacent to an activating group) is 1. The van der Waals surface area contributed by atoms with Crippen LogP contribution in [0.15, 0.2) is 0 Å². The van der Waals surface area contributed by atoms with E-state index in [0.717, 1.165) is 25.3 Å². The van der Waals surface area contributed by atoms with Gasteiger partial charge in [0, 0.05) is 19.1 Å². The van der Waals surface area contributed by atoms with Crippen LogP contribution >= 0.6 is 0 Å². The van der Waals surface area contributed by atoms with Crippen molar-refractivity contribution in [3.63, 3.8) is 0 Å². The first-order valence-corrected chi connectivity index (χ1v) is 8.35. The van der Waals surface area contributed by atoms with E-state index in [2.05, 4.69) is 24.2 Å². The number of likely N-dealkylation sites (tertiary alicyclic amines) is 1. The Kier molecular flexibility index (Phi) is 6.75. The molecule has 2 aliphatic rings. The Morgan fingerprint density at radius 1 is 1.25 bits per heavy atom. The summed E-state index contributed by atoms with van der Waals surface area (Å²) in [5.41, 5.74) is 0.